The Hall–Kier alpha value is -2.17. The molecule has 2 aromatic rings. The molecule has 0 N–H and O–H groups in total. The first-order chi connectivity index (χ1) is 12.7. The molecule has 1 aliphatic rings. The lowest BCUT2D eigenvalue weighted by atomic mass is 10.1. The zero-order valence-electron chi connectivity index (χ0n) is 15.4. The van der Waals surface area contributed by atoms with Gasteiger partial charge in [-0.05, 0) is 37.5 Å². The third-order valence-electron chi connectivity index (χ3n) is 4.69. The maximum atomic E-state index is 12.6. The Kier molecular flexibility index (Phi) is 6.81. The molecule has 0 radical (unpaired) electrons. The molecule has 1 aliphatic heterocycles. The van der Waals surface area contributed by atoms with Crippen molar-refractivity contribution in [2.45, 2.75) is 32.5 Å². The fraction of sp³-hybridized carbons (Fsp3) is 0.409. The average Bonchev–Trinajstić information content (AvgIpc) is 2.68. The number of ether oxygens (including phenoxy) is 2. The summed E-state index contributed by atoms with van der Waals surface area (Å²) in [6.45, 7) is 5.33. The van der Waals surface area contributed by atoms with E-state index in [0.29, 0.717) is 19.8 Å². The van der Waals surface area contributed by atoms with Crippen molar-refractivity contribution in [2.75, 3.05) is 26.3 Å². The molecule has 3 rings (SSSR count). The van der Waals surface area contributed by atoms with Crippen molar-refractivity contribution >= 4 is 5.91 Å². The SMILES string of the molecule is Cc1cccc(C(=O)N2CCC(OCCOCc3ccccc3)CC2)c1. The van der Waals surface area contributed by atoms with Gasteiger partial charge in [0.1, 0.15) is 0 Å². The van der Waals surface area contributed by atoms with Crippen LogP contribution in [0.2, 0.25) is 0 Å². The third kappa shape index (κ3) is 5.41. The lowest BCUT2D eigenvalue weighted by Crippen LogP contribution is -2.41. The van der Waals surface area contributed by atoms with Crippen molar-refractivity contribution in [3.63, 3.8) is 0 Å². The van der Waals surface area contributed by atoms with Gasteiger partial charge < -0.3 is 14.4 Å². The summed E-state index contributed by atoms with van der Waals surface area (Å²) in [7, 11) is 0. The monoisotopic (exact) mass is 353 g/mol. The number of likely N-dealkylation sites (tertiary alicyclic amines) is 1. The molecule has 4 nitrogen and oxygen atoms in total. The third-order valence-corrected chi connectivity index (χ3v) is 4.69. The second-order valence-electron chi connectivity index (χ2n) is 6.77. The quantitative estimate of drug-likeness (QED) is 0.710. The molecule has 138 valence electrons. The number of hydrogen-bond acceptors (Lipinski definition) is 3. The summed E-state index contributed by atoms with van der Waals surface area (Å²) < 4.78 is 11.6. The minimum absolute atomic E-state index is 0.123. The van der Waals surface area contributed by atoms with Crippen LogP contribution in [0.25, 0.3) is 0 Å². The molecule has 0 spiro atoms. The number of nitrogens with zero attached hydrogens (tertiary/aromatic N) is 1. The van der Waals surface area contributed by atoms with Gasteiger partial charge in [-0.1, -0.05) is 48.0 Å². The Labute approximate surface area is 155 Å². The Balaban J connectivity index is 1.33. The van der Waals surface area contributed by atoms with E-state index < -0.39 is 0 Å². The second kappa shape index (κ2) is 9.51. The van der Waals surface area contributed by atoms with Gasteiger partial charge in [0.15, 0.2) is 0 Å². The highest BCUT2D eigenvalue weighted by atomic mass is 16.5. The zero-order valence-corrected chi connectivity index (χ0v) is 15.4. The van der Waals surface area contributed by atoms with Gasteiger partial charge in [-0.2, -0.15) is 0 Å². The van der Waals surface area contributed by atoms with Gasteiger partial charge in [-0.25, -0.2) is 0 Å². The molecular weight excluding hydrogens is 326 g/mol. The first kappa shape index (κ1) is 18.6. The molecule has 4 heteroatoms. The molecule has 0 atom stereocenters. The molecule has 26 heavy (non-hydrogen) atoms. The Bertz CT molecular complexity index is 694. The highest BCUT2D eigenvalue weighted by Crippen LogP contribution is 2.17. The largest absolute Gasteiger partial charge is 0.376 e. The Morgan fingerprint density at radius 2 is 1.81 bits per heavy atom. The zero-order chi connectivity index (χ0) is 18.2. The van der Waals surface area contributed by atoms with Crippen LogP contribution in [0.3, 0.4) is 0 Å². The number of piperidine rings is 1. The normalized spacial score (nSPS) is 15.2. The molecule has 0 aliphatic carbocycles. The molecule has 0 aromatic heterocycles. The predicted octanol–water partition coefficient (Wildman–Crippen LogP) is 3.83. The number of aryl methyl sites for hydroxylation is 1. The van der Waals surface area contributed by atoms with Gasteiger partial charge in [-0.15, -0.1) is 0 Å². The number of benzene rings is 2. The molecule has 2 aromatic carbocycles. The molecule has 0 saturated carbocycles. The van der Waals surface area contributed by atoms with Crippen LogP contribution in [-0.4, -0.2) is 43.2 Å². The fourth-order valence-corrected chi connectivity index (χ4v) is 3.22. The second-order valence-corrected chi connectivity index (χ2v) is 6.77. The average molecular weight is 353 g/mol. The number of carbonyl (C=O) groups excluding carboxylic acids is 1. The van der Waals surface area contributed by atoms with Crippen LogP contribution in [0.1, 0.15) is 34.3 Å². The maximum absolute atomic E-state index is 12.6. The van der Waals surface area contributed by atoms with E-state index in [4.69, 9.17) is 9.47 Å². The summed E-state index contributed by atoms with van der Waals surface area (Å²) in [4.78, 5) is 14.5. The van der Waals surface area contributed by atoms with Crippen LogP contribution in [0.5, 0.6) is 0 Å². The van der Waals surface area contributed by atoms with Crippen molar-refractivity contribution in [1.82, 2.24) is 4.90 Å². The number of rotatable bonds is 7. The van der Waals surface area contributed by atoms with Crippen LogP contribution in [0, 0.1) is 6.92 Å². The first-order valence-corrected chi connectivity index (χ1v) is 9.31. The van der Waals surface area contributed by atoms with Gasteiger partial charge in [0.25, 0.3) is 5.91 Å². The smallest absolute Gasteiger partial charge is 0.253 e. The Morgan fingerprint density at radius 1 is 1.04 bits per heavy atom. The van der Waals surface area contributed by atoms with Crippen molar-refractivity contribution in [1.29, 1.82) is 0 Å². The van der Waals surface area contributed by atoms with Gasteiger partial charge in [0.2, 0.25) is 0 Å². The van der Waals surface area contributed by atoms with E-state index in [2.05, 4.69) is 12.1 Å². The summed E-state index contributed by atoms with van der Waals surface area (Å²) >= 11 is 0. The van der Waals surface area contributed by atoms with E-state index in [-0.39, 0.29) is 12.0 Å². The first-order valence-electron chi connectivity index (χ1n) is 9.31. The Morgan fingerprint density at radius 3 is 2.54 bits per heavy atom. The van der Waals surface area contributed by atoms with E-state index in [1.165, 1.54) is 5.56 Å². The molecule has 1 fully saturated rings. The van der Waals surface area contributed by atoms with E-state index in [1.807, 2.05) is 54.3 Å². The van der Waals surface area contributed by atoms with Crippen molar-refractivity contribution in [2.24, 2.45) is 0 Å². The maximum Gasteiger partial charge on any atom is 0.253 e. The summed E-state index contributed by atoms with van der Waals surface area (Å²) in [5, 5.41) is 0. The van der Waals surface area contributed by atoms with Crippen LogP contribution in [-0.2, 0) is 16.1 Å². The van der Waals surface area contributed by atoms with Gasteiger partial charge >= 0.3 is 0 Å². The fourth-order valence-electron chi connectivity index (χ4n) is 3.22. The highest BCUT2D eigenvalue weighted by Gasteiger charge is 2.23. The summed E-state index contributed by atoms with van der Waals surface area (Å²) in [5.41, 5.74) is 3.07. The van der Waals surface area contributed by atoms with Crippen LogP contribution < -0.4 is 0 Å². The molecule has 1 heterocycles. The minimum atomic E-state index is 0.123. The standard InChI is InChI=1S/C22H27NO3/c1-18-6-5-9-20(16-18)22(24)23-12-10-21(11-13-23)26-15-14-25-17-19-7-3-2-4-8-19/h2-9,16,21H,10-15,17H2,1H3. The predicted molar refractivity (Wildman–Crippen MR) is 102 cm³/mol. The minimum Gasteiger partial charge on any atom is -0.376 e. The molecule has 1 saturated heterocycles. The number of carbonyl (C=O) groups is 1. The summed E-state index contributed by atoms with van der Waals surface area (Å²) in [5.74, 6) is 0.123. The molecule has 0 bridgehead atoms. The van der Waals surface area contributed by atoms with Crippen molar-refractivity contribution in [3.05, 3.63) is 71.3 Å². The van der Waals surface area contributed by atoms with E-state index in [9.17, 15) is 4.79 Å². The van der Waals surface area contributed by atoms with E-state index in [1.54, 1.807) is 0 Å². The van der Waals surface area contributed by atoms with Gasteiger partial charge in [-0.3, -0.25) is 4.79 Å². The lowest BCUT2D eigenvalue weighted by molar-refractivity contribution is -0.0229. The van der Waals surface area contributed by atoms with Crippen LogP contribution >= 0.6 is 0 Å². The van der Waals surface area contributed by atoms with Gasteiger partial charge in [0.05, 0.1) is 25.9 Å². The van der Waals surface area contributed by atoms with Crippen molar-refractivity contribution in [3.8, 4) is 0 Å². The molecular formula is C22H27NO3. The van der Waals surface area contributed by atoms with E-state index in [0.717, 1.165) is 37.1 Å². The lowest BCUT2D eigenvalue weighted by Gasteiger charge is -2.32. The van der Waals surface area contributed by atoms with Crippen LogP contribution in [0.15, 0.2) is 54.6 Å². The summed E-state index contributed by atoms with van der Waals surface area (Å²) in [6, 6.07) is 17.9. The molecule has 1 amide bonds. The van der Waals surface area contributed by atoms with Crippen LogP contribution in [0.4, 0.5) is 0 Å². The van der Waals surface area contributed by atoms with Crippen molar-refractivity contribution < 1.29 is 14.3 Å². The molecule has 0 unspecified atom stereocenters. The highest BCUT2D eigenvalue weighted by molar-refractivity contribution is 5.94. The van der Waals surface area contributed by atoms with E-state index >= 15 is 0 Å². The topological polar surface area (TPSA) is 38.8 Å². The number of amides is 1. The summed E-state index contributed by atoms with van der Waals surface area (Å²) in [6.07, 6.45) is 1.99. The van der Waals surface area contributed by atoms with Gasteiger partial charge in [0, 0.05) is 18.7 Å². The number of hydrogen-bond donors (Lipinski definition) is 0.